The summed E-state index contributed by atoms with van der Waals surface area (Å²) in [6.45, 7) is 0. The molecule has 0 spiro atoms. The average Bonchev–Trinajstić information content (AvgIpc) is 3.56. The van der Waals surface area contributed by atoms with Crippen LogP contribution in [0.2, 0.25) is 0 Å². The highest BCUT2D eigenvalue weighted by Gasteiger charge is 2.34. The van der Waals surface area contributed by atoms with Crippen LogP contribution in [-0.4, -0.2) is 17.8 Å². The minimum atomic E-state index is -3.61. The molecule has 0 radical (unpaired) electrons. The second kappa shape index (κ2) is 10.0. The molecule has 0 amide bonds. The van der Waals surface area contributed by atoms with Gasteiger partial charge in [-0.3, -0.25) is 0 Å². The van der Waals surface area contributed by atoms with Gasteiger partial charge in [-0.25, -0.2) is 13.4 Å². The largest absolute Gasteiger partial charge is 0.308 e. The van der Waals surface area contributed by atoms with Crippen molar-refractivity contribution in [3.8, 4) is 33.1 Å². The summed E-state index contributed by atoms with van der Waals surface area (Å²) in [4.78, 5) is 7.53. The Labute approximate surface area is 253 Å². The number of aromatic nitrogens is 2. The van der Waals surface area contributed by atoms with Crippen LogP contribution in [0.5, 0.6) is 0 Å². The highest BCUT2D eigenvalue weighted by atomic mass is 32.2. The molecule has 2 heterocycles. The van der Waals surface area contributed by atoms with Gasteiger partial charge < -0.3 is 4.90 Å². The second-order valence-corrected chi connectivity index (χ2v) is 13.0. The SMILES string of the molecule is O=S1(=O)c2ccccc2N(c2ccc3cc(-c4nsc(-c5cccc(-c6ccccc6)c5)n4)ccc3c2)c2ccccc21. The molecular formula is C36H23N3O2S2. The van der Waals surface area contributed by atoms with Crippen molar-refractivity contribution in [1.82, 2.24) is 9.36 Å². The first-order chi connectivity index (χ1) is 21.1. The van der Waals surface area contributed by atoms with Gasteiger partial charge in [0.15, 0.2) is 5.82 Å². The van der Waals surface area contributed by atoms with Gasteiger partial charge in [0.05, 0.1) is 21.2 Å². The maximum atomic E-state index is 13.4. The Morgan fingerprint density at radius 2 is 1.16 bits per heavy atom. The van der Waals surface area contributed by atoms with E-state index in [1.165, 1.54) is 17.1 Å². The second-order valence-electron chi connectivity index (χ2n) is 10.4. The van der Waals surface area contributed by atoms with Gasteiger partial charge in [0.1, 0.15) is 5.01 Å². The van der Waals surface area contributed by atoms with E-state index < -0.39 is 9.84 Å². The van der Waals surface area contributed by atoms with Crippen molar-refractivity contribution in [1.29, 1.82) is 0 Å². The molecule has 7 heteroatoms. The zero-order chi connectivity index (χ0) is 29.0. The lowest BCUT2D eigenvalue weighted by Gasteiger charge is -2.33. The maximum absolute atomic E-state index is 13.4. The molecule has 0 aliphatic carbocycles. The number of nitrogens with zero attached hydrogens (tertiary/aromatic N) is 3. The van der Waals surface area contributed by atoms with Gasteiger partial charge in [0.25, 0.3) is 0 Å². The Hall–Kier alpha value is -5.11. The highest BCUT2D eigenvalue weighted by Crippen LogP contribution is 2.48. The summed E-state index contributed by atoms with van der Waals surface area (Å²) in [5.41, 5.74) is 6.48. The quantitative estimate of drug-likeness (QED) is 0.203. The fourth-order valence-electron chi connectivity index (χ4n) is 5.70. The van der Waals surface area contributed by atoms with Crippen molar-refractivity contribution in [2.24, 2.45) is 0 Å². The smallest absolute Gasteiger partial charge is 0.210 e. The lowest BCUT2D eigenvalue weighted by molar-refractivity contribution is 0.595. The van der Waals surface area contributed by atoms with Gasteiger partial charge in [-0.1, -0.05) is 91.0 Å². The van der Waals surface area contributed by atoms with E-state index in [1.54, 1.807) is 24.3 Å². The molecule has 0 saturated heterocycles. The molecule has 0 unspecified atom stereocenters. The summed E-state index contributed by atoms with van der Waals surface area (Å²) in [6.07, 6.45) is 0. The molecule has 5 nitrogen and oxygen atoms in total. The number of para-hydroxylation sites is 2. The van der Waals surface area contributed by atoms with Crippen LogP contribution in [0, 0.1) is 0 Å². The Balaban J connectivity index is 1.15. The Morgan fingerprint density at radius 1 is 0.535 bits per heavy atom. The zero-order valence-electron chi connectivity index (χ0n) is 22.8. The average molecular weight is 594 g/mol. The molecule has 0 saturated carbocycles. The fourth-order valence-corrected chi connectivity index (χ4v) is 8.00. The number of benzene rings is 6. The van der Waals surface area contributed by atoms with Gasteiger partial charge in [0, 0.05) is 16.8 Å². The minimum Gasteiger partial charge on any atom is -0.308 e. The summed E-state index contributed by atoms with van der Waals surface area (Å²) < 4.78 is 31.5. The topological polar surface area (TPSA) is 63.2 Å². The predicted molar refractivity (Wildman–Crippen MR) is 174 cm³/mol. The van der Waals surface area contributed by atoms with Crippen molar-refractivity contribution in [2.75, 3.05) is 4.90 Å². The molecule has 7 aromatic rings. The first-order valence-electron chi connectivity index (χ1n) is 13.8. The van der Waals surface area contributed by atoms with Gasteiger partial charge in [-0.05, 0) is 82.0 Å². The highest BCUT2D eigenvalue weighted by molar-refractivity contribution is 7.92. The van der Waals surface area contributed by atoms with Crippen molar-refractivity contribution in [2.45, 2.75) is 9.79 Å². The summed E-state index contributed by atoms with van der Waals surface area (Å²) in [5.74, 6) is 0.695. The fraction of sp³-hybridized carbons (Fsp3) is 0. The Morgan fingerprint density at radius 3 is 1.93 bits per heavy atom. The minimum absolute atomic E-state index is 0.309. The van der Waals surface area contributed by atoms with E-state index in [0.717, 1.165) is 38.2 Å². The third-order valence-electron chi connectivity index (χ3n) is 7.77. The van der Waals surface area contributed by atoms with Crippen molar-refractivity contribution in [3.63, 3.8) is 0 Å². The van der Waals surface area contributed by atoms with Crippen LogP contribution in [0.15, 0.2) is 149 Å². The van der Waals surface area contributed by atoms with Crippen LogP contribution < -0.4 is 4.90 Å². The third kappa shape index (κ3) is 4.33. The summed E-state index contributed by atoms with van der Waals surface area (Å²) in [5, 5.41) is 2.96. The van der Waals surface area contributed by atoms with Crippen LogP contribution in [-0.2, 0) is 9.84 Å². The molecule has 0 atom stereocenters. The van der Waals surface area contributed by atoms with Gasteiger partial charge in [-0.2, -0.15) is 4.37 Å². The Bertz CT molecular complexity index is 2220. The normalized spacial score (nSPS) is 13.4. The molecule has 6 aromatic carbocycles. The van der Waals surface area contributed by atoms with Crippen molar-refractivity contribution in [3.05, 3.63) is 140 Å². The number of hydrogen-bond donors (Lipinski definition) is 0. The summed E-state index contributed by atoms with van der Waals surface area (Å²) in [7, 11) is -3.61. The van der Waals surface area contributed by atoms with Crippen LogP contribution in [0.3, 0.4) is 0 Å². The van der Waals surface area contributed by atoms with E-state index >= 15 is 0 Å². The molecule has 0 bridgehead atoms. The van der Waals surface area contributed by atoms with Crippen LogP contribution in [0.25, 0.3) is 43.9 Å². The Kier molecular flexibility index (Phi) is 5.96. The van der Waals surface area contributed by atoms with E-state index in [9.17, 15) is 8.42 Å². The summed E-state index contributed by atoms with van der Waals surface area (Å²) >= 11 is 1.40. The first-order valence-corrected chi connectivity index (χ1v) is 16.1. The van der Waals surface area contributed by atoms with E-state index in [-0.39, 0.29) is 0 Å². The van der Waals surface area contributed by atoms with E-state index in [0.29, 0.717) is 27.0 Å². The molecule has 8 rings (SSSR count). The number of sulfone groups is 1. The predicted octanol–water partition coefficient (Wildman–Crippen LogP) is 9.31. The van der Waals surface area contributed by atoms with E-state index in [1.807, 2.05) is 59.5 Å². The van der Waals surface area contributed by atoms with Crippen LogP contribution in [0.1, 0.15) is 0 Å². The van der Waals surface area contributed by atoms with Crippen molar-refractivity contribution >= 4 is 49.2 Å². The number of anilines is 3. The van der Waals surface area contributed by atoms with Gasteiger partial charge in [0.2, 0.25) is 9.84 Å². The molecule has 0 N–H and O–H groups in total. The van der Waals surface area contributed by atoms with Gasteiger partial charge in [-0.15, -0.1) is 0 Å². The molecule has 1 aliphatic heterocycles. The standard InChI is InChI=1S/C36H23N3O2S2/c40-43(41)33-15-6-4-13-31(33)39(32-14-5-7-16-34(32)43)30-20-19-26-21-28(18-17-27(26)23-30)35-37-36(42-38-35)29-12-8-11-25(22-29)24-9-2-1-3-10-24/h1-23H. The number of hydrogen-bond acceptors (Lipinski definition) is 6. The number of rotatable bonds is 4. The molecule has 1 aliphatic rings. The molecule has 1 aromatic heterocycles. The molecule has 43 heavy (non-hydrogen) atoms. The molecule has 206 valence electrons. The molecular weight excluding hydrogens is 571 g/mol. The maximum Gasteiger partial charge on any atom is 0.210 e. The van der Waals surface area contributed by atoms with E-state index in [2.05, 4.69) is 60.7 Å². The van der Waals surface area contributed by atoms with Gasteiger partial charge >= 0.3 is 0 Å². The lowest BCUT2D eigenvalue weighted by Crippen LogP contribution is -2.21. The lowest BCUT2D eigenvalue weighted by atomic mass is 10.0. The van der Waals surface area contributed by atoms with E-state index in [4.69, 9.17) is 9.36 Å². The third-order valence-corrected chi connectivity index (χ3v) is 10.4. The zero-order valence-corrected chi connectivity index (χ0v) is 24.4. The first kappa shape index (κ1) is 25.6. The van der Waals surface area contributed by atoms with Crippen molar-refractivity contribution < 1.29 is 8.42 Å². The van der Waals surface area contributed by atoms with Crippen LogP contribution in [0.4, 0.5) is 17.1 Å². The number of fused-ring (bicyclic) bond motifs is 3. The van der Waals surface area contributed by atoms with Crippen LogP contribution >= 0.6 is 11.5 Å². The summed E-state index contributed by atoms with van der Waals surface area (Å²) in [6, 6.07) is 45.5. The molecule has 0 fully saturated rings. The monoisotopic (exact) mass is 593 g/mol.